The third kappa shape index (κ3) is 6.03. The van der Waals surface area contributed by atoms with Crippen LogP contribution in [0.15, 0.2) is 24.3 Å². The maximum absolute atomic E-state index is 13.3. The van der Waals surface area contributed by atoms with Crippen molar-refractivity contribution in [2.75, 3.05) is 33.3 Å². The second-order valence-electron chi connectivity index (χ2n) is 9.30. The van der Waals surface area contributed by atoms with Crippen molar-refractivity contribution in [3.8, 4) is 5.75 Å². The molecular formula is C26H41N3O3. The monoisotopic (exact) mass is 443 g/mol. The molecule has 0 bridgehead atoms. The fourth-order valence-corrected chi connectivity index (χ4v) is 5.23. The Bertz CT molecular complexity index is 754. The molecule has 6 heteroatoms. The molecule has 0 spiro atoms. The highest BCUT2D eigenvalue weighted by Crippen LogP contribution is 2.40. The van der Waals surface area contributed by atoms with Crippen molar-refractivity contribution in [2.24, 2.45) is 5.92 Å². The Morgan fingerprint density at radius 2 is 1.97 bits per heavy atom. The normalized spacial score (nSPS) is 24.4. The Kier molecular flexibility index (Phi) is 9.39. The molecule has 1 aromatic carbocycles. The van der Waals surface area contributed by atoms with Crippen LogP contribution in [0.5, 0.6) is 5.75 Å². The van der Waals surface area contributed by atoms with Gasteiger partial charge in [-0.1, -0.05) is 38.0 Å². The van der Waals surface area contributed by atoms with Crippen LogP contribution in [-0.4, -0.2) is 60.9 Å². The first-order chi connectivity index (χ1) is 15.6. The summed E-state index contributed by atoms with van der Waals surface area (Å²) >= 11 is 0. The van der Waals surface area contributed by atoms with E-state index in [0.29, 0.717) is 32.0 Å². The quantitative estimate of drug-likeness (QED) is 0.552. The summed E-state index contributed by atoms with van der Waals surface area (Å²) in [6.45, 7) is 7.99. The average Bonchev–Trinajstić information content (AvgIpc) is 2.81. The number of ether oxygens (including phenoxy) is 1. The van der Waals surface area contributed by atoms with Crippen LogP contribution in [0.4, 0.5) is 0 Å². The molecule has 1 N–H and O–H groups in total. The number of carbonyl (C=O) groups excluding carboxylic acids is 2. The number of piperidine rings is 2. The topological polar surface area (TPSA) is 61.9 Å². The van der Waals surface area contributed by atoms with Gasteiger partial charge in [0.1, 0.15) is 5.75 Å². The molecule has 0 aliphatic carbocycles. The number of methoxy groups -OCH3 is 1. The zero-order chi connectivity index (χ0) is 22.9. The van der Waals surface area contributed by atoms with E-state index in [1.807, 2.05) is 29.2 Å². The minimum Gasteiger partial charge on any atom is -0.496 e. The molecule has 2 heterocycles. The zero-order valence-corrected chi connectivity index (χ0v) is 20.1. The molecule has 178 valence electrons. The summed E-state index contributed by atoms with van der Waals surface area (Å²) < 4.78 is 5.62. The van der Waals surface area contributed by atoms with E-state index in [4.69, 9.17) is 4.74 Å². The Morgan fingerprint density at radius 1 is 1.16 bits per heavy atom. The lowest BCUT2D eigenvalue weighted by Crippen LogP contribution is -2.48. The van der Waals surface area contributed by atoms with Gasteiger partial charge in [-0.25, -0.2) is 0 Å². The lowest BCUT2D eigenvalue weighted by Gasteiger charge is -2.41. The predicted molar refractivity (Wildman–Crippen MR) is 128 cm³/mol. The number of nitrogens with zero attached hydrogens (tertiary/aromatic N) is 2. The fraction of sp³-hybridized carbons (Fsp3) is 0.692. The van der Waals surface area contributed by atoms with Crippen LogP contribution in [0.25, 0.3) is 0 Å². The summed E-state index contributed by atoms with van der Waals surface area (Å²) in [7, 11) is 1.65. The number of benzene rings is 1. The molecule has 2 saturated heterocycles. The summed E-state index contributed by atoms with van der Waals surface area (Å²) in [5, 5.41) is 3.19. The Balaban J connectivity index is 1.69. The summed E-state index contributed by atoms with van der Waals surface area (Å²) in [4.78, 5) is 30.6. The van der Waals surface area contributed by atoms with Crippen LogP contribution in [0, 0.1) is 5.92 Å². The number of carbonyl (C=O) groups is 2. The third-order valence-corrected chi connectivity index (χ3v) is 7.12. The van der Waals surface area contributed by atoms with E-state index in [1.54, 1.807) is 7.11 Å². The first-order valence-corrected chi connectivity index (χ1v) is 12.5. The molecule has 32 heavy (non-hydrogen) atoms. The number of likely N-dealkylation sites (tertiary alicyclic amines) is 2. The van der Waals surface area contributed by atoms with Gasteiger partial charge in [0, 0.05) is 37.7 Å². The lowest BCUT2D eigenvalue weighted by atomic mass is 9.83. The van der Waals surface area contributed by atoms with E-state index in [2.05, 4.69) is 24.1 Å². The second-order valence-corrected chi connectivity index (χ2v) is 9.30. The summed E-state index contributed by atoms with van der Waals surface area (Å²) in [5.41, 5.74) is 0.932. The molecule has 2 amide bonds. The van der Waals surface area contributed by atoms with E-state index in [0.717, 1.165) is 37.1 Å². The molecule has 3 rings (SSSR count). The molecule has 0 radical (unpaired) electrons. The van der Waals surface area contributed by atoms with E-state index < -0.39 is 0 Å². The minimum atomic E-state index is -0.277. The highest BCUT2D eigenvalue weighted by Gasteiger charge is 2.41. The van der Waals surface area contributed by atoms with Gasteiger partial charge in [0.15, 0.2) is 0 Å². The number of unbranched alkanes of at least 4 members (excludes halogenated alkanes) is 1. The predicted octanol–water partition coefficient (Wildman–Crippen LogP) is 4.16. The first-order valence-electron chi connectivity index (χ1n) is 12.5. The van der Waals surface area contributed by atoms with E-state index >= 15 is 0 Å². The Morgan fingerprint density at radius 3 is 2.72 bits per heavy atom. The number of rotatable bonds is 10. The highest BCUT2D eigenvalue weighted by molar-refractivity contribution is 5.85. The van der Waals surface area contributed by atoms with Crippen LogP contribution in [0.1, 0.15) is 76.8 Å². The van der Waals surface area contributed by atoms with Crippen LogP contribution in [-0.2, 0) is 9.59 Å². The van der Waals surface area contributed by atoms with Crippen molar-refractivity contribution in [2.45, 2.75) is 77.3 Å². The van der Waals surface area contributed by atoms with Crippen molar-refractivity contribution >= 4 is 11.8 Å². The standard InChI is InChI=1S/C26H41N3O3/c1-4-5-19-29-24(30)15-14-22(25(29)21-12-6-7-13-23(21)32-3)26(31)27-16-10-18-28-17-9-8-11-20(28)2/h6-7,12-13,20,22,25H,4-5,8-11,14-19H2,1-3H3,(H,27,31). The molecular weight excluding hydrogens is 402 g/mol. The summed E-state index contributed by atoms with van der Waals surface area (Å²) in [6.07, 6.45) is 7.79. The number of hydrogen-bond acceptors (Lipinski definition) is 4. The van der Waals surface area contributed by atoms with Gasteiger partial charge in [-0.05, 0) is 51.6 Å². The number of para-hydroxylation sites is 1. The molecule has 2 fully saturated rings. The molecule has 0 aromatic heterocycles. The highest BCUT2D eigenvalue weighted by atomic mass is 16.5. The number of amides is 2. The van der Waals surface area contributed by atoms with Crippen LogP contribution >= 0.6 is 0 Å². The van der Waals surface area contributed by atoms with Gasteiger partial charge in [-0.15, -0.1) is 0 Å². The largest absolute Gasteiger partial charge is 0.496 e. The zero-order valence-electron chi connectivity index (χ0n) is 20.1. The van der Waals surface area contributed by atoms with Gasteiger partial charge in [0.2, 0.25) is 11.8 Å². The van der Waals surface area contributed by atoms with Gasteiger partial charge in [-0.3, -0.25) is 9.59 Å². The van der Waals surface area contributed by atoms with Crippen molar-refractivity contribution < 1.29 is 14.3 Å². The minimum absolute atomic E-state index is 0.0570. The lowest BCUT2D eigenvalue weighted by molar-refractivity contribution is -0.143. The van der Waals surface area contributed by atoms with Crippen molar-refractivity contribution in [1.29, 1.82) is 0 Å². The second kappa shape index (κ2) is 12.2. The molecule has 0 saturated carbocycles. The molecule has 3 unspecified atom stereocenters. The number of hydrogen-bond donors (Lipinski definition) is 1. The van der Waals surface area contributed by atoms with Gasteiger partial charge in [0.25, 0.3) is 0 Å². The van der Waals surface area contributed by atoms with Gasteiger partial charge < -0.3 is 19.9 Å². The Labute approximate surface area is 193 Å². The van der Waals surface area contributed by atoms with Crippen molar-refractivity contribution in [3.05, 3.63) is 29.8 Å². The van der Waals surface area contributed by atoms with E-state index in [9.17, 15) is 9.59 Å². The van der Waals surface area contributed by atoms with Crippen molar-refractivity contribution in [1.82, 2.24) is 15.1 Å². The van der Waals surface area contributed by atoms with Crippen molar-refractivity contribution in [3.63, 3.8) is 0 Å². The SMILES string of the molecule is CCCCN1C(=O)CCC(C(=O)NCCCN2CCCCC2C)C1c1ccccc1OC. The van der Waals surface area contributed by atoms with E-state index in [-0.39, 0.29) is 23.8 Å². The maximum atomic E-state index is 13.3. The van der Waals surface area contributed by atoms with E-state index in [1.165, 1.54) is 25.8 Å². The number of nitrogens with one attached hydrogen (secondary N) is 1. The van der Waals surface area contributed by atoms with Crippen LogP contribution in [0.3, 0.4) is 0 Å². The average molecular weight is 444 g/mol. The van der Waals surface area contributed by atoms with Crippen LogP contribution < -0.4 is 10.1 Å². The summed E-state index contributed by atoms with van der Waals surface area (Å²) in [6, 6.07) is 8.18. The first kappa shape index (κ1) is 24.6. The van der Waals surface area contributed by atoms with Gasteiger partial charge >= 0.3 is 0 Å². The van der Waals surface area contributed by atoms with Gasteiger partial charge in [-0.2, -0.15) is 0 Å². The van der Waals surface area contributed by atoms with Gasteiger partial charge in [0.05, 0.1) is 19.1 Å². The van der Waals surface area contributed by atoms with Crippen LogP contribution in [0.2, 0.25) is 0 Å². The molecule has 6 nitrogen and oxygen atoms in total. The summed E-state index contributed by atoms with van der Waals surface area (Å²) in [5.74, 6) is 0.680. The smallest absolute Gasteiger partial charge is 0.225 e. The molecule has 3 atom stereocenters. The molecule has 2 aliphatic heterocycles. The third-order valence-electron chi connectivity index (χ3n) is 7.12. The Hall–Kier alpha value is -2.08. The fourth-order valence-electron chi connectivity index (χ4n) is 5.23. The maximum Gasteiger partial charge on any atom is 0.225 e. The molecule has 2 aliphatic rings. The molecule has 1 aromatic rings.